The Balaban J connectivity index is 1.88. The normalized spacial score (nSPS) is 13.4. The Kier molecular flexibility index (Phi) is 12.8. The van der Waals surface area contributed by atoms with Crippen LogP contribution in [0.3, 0.4) is 0 Å². The van der Waals surface area contributed by atoms with Gasteiger partial charge in [-0.25, -0.2) is 12.8 Å². The smallest absolute Gasteiger partial charge is 0.251 e. The minimum absolute atomic E-state index is 0.0697. The molecule has 3 amide bonds. The standard InChI is InChI=1S/C34H44FN5O5S/c1-22(2)20-37-32(41)24(4)36-21-30(16-25-10-8-7-9-11-25)39-34(43)28-17-27(18-31(19-28)40(5)46(6,44)45)33(42)38-23(3)26-12-14-29(35)15-13-26/h7-15,17-19,22-24,30,36H,16,20-21H2,1-6H3,(H,37,41)(H,38,42)(H,39,43)/t23-,24-,30+/m1/s1. The number of halogens is 1. The molecule has 0 aliphatic rings. The van der Waals surface area contributed by atoms with E-state index in [1.54, 1.807) is 26.0 Å². The van der Waals surface area contributed by atoms with Crippen molar-refractivity contribution in [1.82, 2.24) is 21.3 Å². The first kappa shape index (κ1) is 36.2. The van der Waals surface area contributed by atoms with Crippen molar-refractivity contribution in [1.29, 1.82) is 0 Å². The first-order chi connectivity index (χ1) is 21.6. The van der Waals surface area contributed by atoms with Gasteiger partial charge < -0.3 is 21.3 Å². The zero-order chi connectivity index (χ0) is 34.0. The average Bonchev–Trinajstić information content (AvgIpc) is 3.01. The number of hydrogen-bond donors (Lipinski definition) is 4. The number of carbonyl (C=O) groups excluding carboxylic acids is 3. The van der Waals surface area contributed by atoms with Crippen LogP contribution in [0.1, 0.15) is 65.6 Å². The molecule has 12 heteroatoms. The van der Waals surface area contributed by atoms with Crippen molar-refractivity contribution < 1.29 is 27.2 Å². The maximum Gasteiger partial charge on any atom is 0.251 e. The molecule has 0 radical (unpaired) electrons. The summed E-state index contributed by atoms with van der Waals surface area (Å²) < 4.78 is 39.2. The van der Waals surface area contributed by atoms with Gasteiger partial charge in [-0.05, 0) is 67.6 Å². The molecule has 46 heavy (non-hydrogen) atoms. The van der Waals surface area contributed by atoms with Crippen LogP contribution in [-0.2, 0) is 21.2 Å². The second kappa shape index (κ2) is 16.3. The van der Waals surface area contributed by atoms with E-state index in [2.05, 4.69) is 21.3 Å². The molecule has 0 aromatic heterocycles. The summed E-state index contributed by atoms with van der Waals surface area (Å²) in [4.78, 5) is 39.6. The van der Waals surface area contributed by atoms with E-state index in [1.807, 2.05) is 44.2 Å². The van der Waals surface area contributed by atoms with Gasteiger partial charge in [0.1, 0.15) is 5.82 Å². The summed E-state index contributed by atoms with van der Waals surface area (Å²) in [5.41, 5.74) is 1.91. The highest BCUT2D eigenvalue weighted by atomic mass is 32.2. The van der Waals surface area contributed by atoms with Crippen LogP contribution < -0.4 is 25.6 Å². The van der Waals surface area contributed by atoms with Gasteiger partial charge >= 0.3 is 0 Å². The SMILES string of the molecule is CC(C)CNC(=O)[C@@H](C)NC[C@H](Cc1ccccc1)NC(=O)c1cc(C(=O)N[C@H](C)c2ccc(F)cc2)cc(N(C)S(C)(=O)=O)c1. The van der Waals surface area contributed by atoms with Crippen LogP contribution in [0.2, 0.25) is 0 Å². The number of rotatable bonds is 15. The van der Waals surface area contributed by atoms with Crippen molar-refractivity contribution in [3.8, 4) is 0 Å². The monoisotopic (exact) mass is 653 g/mol. The first-order valence-electron chi connectivity index (χ1n) is 15.1. The predicted octanol–water partition coefficient (Wildman–Crippen LogP) is 3.80. The molecule has 0 aliphatic carbocycles. The number of nitrogens with one attached hydrogen (secondary N) is 4. The molecular formula is C34H44FN5O5S. The molecule has 4 N–H and O–H groups in total. The second-order valence-electron chi connectivity index (χ2n) is 11.9. The van der Waals surface area contributed by atoms with E-state index in [9.17, 15) is 27.2 Å². The van der Waals surface area contributed by atoms with Gasteiger partial charge in [0.2, 0.25) is 15.9 Å². The summed E-state index contributed by atoms with van der Waals surface area (Å²) in [6.45, 7) is 8.31. The second-order valence-corrected chi connectivity index (χ2v) is 13.9. The quantitative estimate of drug-likeness (QED) is 0.197. The van der Waals surface area contributed by atoms with E-state index in [0.717, 1.165) is 16.1 Å². The minimum Gasteiger partial charge on any atom is -0.354 e. The summed E-state index contributed by atoms with van der Waals surface area (Å²) in [7, 11) is -2.39. The number of carbonyl (C=O) groups is 3. The zero-order valence-electron chi connectivity index (χ0n) is 27.1. The molecule has 0 saturated heterocycles. The fourth-order valence-corrected chi connectivity index (χ4v) is 5.06. The van der Waals surface area contributed by atoms with E-state index in [1.165, 1.54) is 37.4 Å². The van der Waals surface area contributed by atoms with Gasteiger partial charge in [-0.2, -0.15) is 0 Å². The lowest BCUT2D eigenvalue weighted by Gasteiger charge is -2.23. The van der Waals surface area contributed by atoms with Gasteiger partial charge in [-0.1, -0.05) is 56.3 Å². The van der Waals surface area contributed by atoms with Crippen LogP contribution in [-0.4, -0.2) is 64.6 Å². The molecule has 0 aliphatic heterocycles. The third-order valence-corrected chi connectivity index (χ3v) is 8.63. The highest BCUT2D eigenvalue weighted by Crippen LogP contribution is 2.22. The highest BCUT2D eigenvalue weighted by molar-refractivity contribution is 7.92. The van der Waals surface area contributed by atoms with Crippen LogP contribution in [0.25, 0.3) is 0 Å². The van der Waals surface area contributed by atoms with Crippen LogP contribution >= 0.6 is 0 Å². The van der Waals surface area contributed by atoms with Crippen molar-refractivity contribution in [2.75, 3.05) is 30.7 Å². The van der Waals surface area contributed by atoms with Crippen molar-refractivity contribution >= 4 is 33.4 Å². The predicted molar refractivity (Wildman–Crippen MR) is 179 cm³/mol. The van der Waals surface area contributed by atoms with E-state index in [4.69, 9.17) is 0 Å². The third kappa shape index (κ3) is 11.0. The molecule has 3 atom stereocenters. The molecule has 0 fully saturated rings. The molecule has 3 rings (SSSR count). The molecule has 0 heterocycles. The van der Waals surface area contributed by atoms with Crippen LogP contribution in [0, 0.1) is 11.7 Å². The Morgan fingerprint density at radius 3 is 1.98 bits per heavy atom. The Bertz CT molecular complexity index is 1600. The largest absolute Gasteiger partial charge is 0.354 e. The summed E-state index contributed by atoms with van der Waals surface area (Å²) in [5, 5.41) is 11.9. The first-order valence-corrected chi connectivity index (χ1v) is 17.0. The maximum atomic E-state index is 13.7. The molecular weight excluding hydrogens is 609 g/mol. The van der Waals surface area contributed by atoms with Gasteiger partial charge in [0.15, 0.2) is 0 Å². The molecule has 248 valence electrons. The summed E-state index contributed by atoms with van der Waals surface area (Å²) in [6, 6.07) is 18.0. The molecule has 0 unspecified atom stereocenters. The van der Waals surface area contributed by atoms with Gasteiger partial charge in [-0.15, -0.1) is 0 Å². The Labute approximate surface area is 271 Å². The van der Waals surface area contributed by atoms with E-state index < -0.39 is 45.8 Å². The van der Waals surface area contributed by atoms with Crippen molar-refractivity contribution in [2.24, 2.45) is 5.92 Å². The van der Waals surface area contributed by atoms with Gasteiger partial charge in [0.05, 0.1) is 24.0 Å². The van der Waals surface area contributed by atoms with Gasteiger partial charge in [-0.3, -0.25) is 18.7 Å². The summed E-state index contributed by atoms with van der Waals surface area (Å²) in [6.07, 6.45) is 1.47. The number of sulfonamides is 1. The number of benzene rings is 3. The fraction of sp³-hybridized carbons (Fsp3) is 0.382. The number of nitrogens with zero attached hydrogens (tertiary/aromatic N) is 1. The van der Waals surface area contributed by atoms with Crippen molar-refractivity contribution in [3.63, 3.8) is 0 Å². The topological polar surface area (TPSA) is 137 Å². The molecule has 3 aromatic rings. The zero-order valence-corrected chi connectivity index (χ0v) is 28.0. The molecule has 0 bridgehead atoms. The van der Waals surface area contributed by atoms with Crippen molar-refractivity contribution in [2.45, 2.75) is 52.2 Å². The third-order valence-electron chi connectivity index (χ3n) is 7.43. The average molecular weight is 654 g/mol. The Hall–Kier alpha value is -4.29. The van der Waals surface area contributed by atoms with E-state index >= 15 is 0 Å². The maximum absolute atomic E-state index is 13.7. The Morgan fingerprint density at radius 1 is 0.826 bits per heavy atom. The molecule has 0 spiro atoms. The van der Waals surface area contributed by atoms with Crippen molar-refractivity contribution in [3.05, 3.63) is 101 Å². The number of hydrogen-bond acceptors (Lipinski definition) is 6. The molecule has 0 saturated carbocycles. The van der Waals surface area contributed by atoms with Gasteiger partial charge in [0.25, 0.3) is 11.8 Å². The molecule has 10 nitrogen and oxygen atoms in total. The summed E-state index contributed by atoms with van der Waals surface area (Å²) >= 11 is 0. The number of amides is 3. The van der Waals surface area contributed by atoms with E-state index in [0.29, 0.717) is 24.4 Å². The minimum atomic E-state index is -3.72. The lowest BCUT2D eigenvalue weighted by Crippen LogP contribution is -2.50. The fourth-order valence-electron chi connectivity index (χ4n) is 4.57. The Morgan fingerprint density at radius 2 is 1.41 bits per heavy atom. The van der Waals surface area contributed by atoms with Crippen LogP contribution in [0.5, 0.6) is 0 Å². The lowest BCUT2D eigenvalue weighted by molar-refractivity contribution is -0.122. The number of anilines is 1. The lowest BCUT2D eigenvalue weighted by atomic mass is 10.0. The highest BCUT2D eigenvalue weighted by Gasteiger charge is 2.23. The molecule has 3 aromatic carbocycles. The van der Waals surface area contributed by atoms with Gasteiger partial charge in [0, 0.05) is 37.3 Å². The summed E-state index contributed by atoms with van der Waals surface area (Å²) in [5.74, 6) is -1.32. The van der Waals surface area contributed by atoms with Crippen LogP contribution in [0.15, 0.2) is 72.8 Å². The van der Waals surface area contributed by atoms with Crippen LogP contribution in [0.4, 0.5) is 10.1 Å². The van der Waals surface area contributed by atoms with E-state index in [-0.39, 0.29) is 29.3 Å².